The topological polar surface area (TPSA) is 113 Å². The number of carbonyl (C=O) groups is 1. The fourth-order valence-corrected chi connectivity index (χ4v) is 4.84. The van der Waals surface area contributed by atoms with Crippen LogP contribution in [0.2, 0.25) is 0 Å². The van der Waals surface area contributed by atoms with Crippen LogP contribution in [0.4, 0.5) is 5.69 Å². The van der Waals surface area contributed by atoms with Crippen LogP contribution in [0.15, 0.2) is 29.2 Å². The van der Waals surface area contributed by atoms with Gasteiger partial charge < -0.3 is 10.2 Å². The zero-order valence-corrected chi connectivity index (χ0v) is 16.4. The van der Waals surface area contributed by atoms with Crippen molar-refractivity contribution in [1.29, 1.82) is 0 Å². The Morgan fingerprint density at radius 1 is 1.22 bits per heavy atom. The second kappa shape index (κ2) is 8.96. The maximum atomic E-state index is 12.7. The molecule has 1 amide bonds. The molecule has 0 radical (unpaired) electrons. The number of piperidine rings is 1. The van der Waals surface area contributed by atoms with Crippen LogP contribution in [-0.4, -0.2) is 67.7 Å². The first-order chi connectivity index (χ1) is 12.4. The van der Waals surface area contributed by atoms with Crippen molar-refractivity contribution in [3.8, 4) is 0 Å². The van der Waals surface area contributed by atoms with E-state index in [2.05, 4.69) is 5.32 Å². The second-order valence-electron chi connectivity index (χ2n) is 6.53. The van der Waals surface area contributed by atoms with E-state index in [9.17, 15) is 23.3 Å². The highest BCUT2D eigenvalue weighted by Gasteiger charge is 2.33. The molecule has 27 heavy (non-hydrogen) atoms. The van der Waals surface area contributed by atoms with Crippen LogP contribution in [-0.2, 0) is 14.8 Å². The van der Waals surface area contributed by atoms with Crippen LogP contribution in [0.25, 0.3) is 0 Å². The molecule has 2 fully saturated rings. The van der Waals surface area contributed by atoms with Crippen LogP contribution in [0.1, 0.15) is 12.8 Å². The van der Waals surface area contributed by atoms with Gasteiger partial charge in [0, 0.05) is 44.9 Å². The fraction of sp³-hybridized carbons (Fsp3) is 0.562. The van der Waals surface area contributed by atoms with Crippen molar-refractivity contribution in [2.75, 3.05) is 39.3 Å². The normalized spacial score (nSPS) is 21.3. The van der Waals surface area contributed by atoms with Crippen LogP contribution in [0, 0.1) is 16.0 Å². The smallest absolute Gasteiger partial charge is 0.270 e. The molecule has 2 heterocycles. The predicted octanol–water partition coefficient (Wildman–Crippen LogP) is 0.849. The summed E-state index contributed by atoms with van der Waals surface area (Å²) in [7, 11) is -3.81. The van der Waals surface area contributed by atoms with Crippen molar-refractivity contribution in [1.82, 2.24) is 14.5 Å². The second-order valence-corrected chi connectivity index (χ2v) is 8.47. The highest BCUT2D eigenvalue weighted by atomic mass is 35.5. The third kappa shape index (κ3) is 4.75. The minimum absolute atomic E-state index is 0. The van der Waals surface area contributed by atoms with Gasteiger partial charge in [-0.1, -0.05) is 6.07 Å². The molecule has 0 saturated carbocycles. The summed E-state index contributed by atoms with van der Waals surface area (Å²) in [6.45, 7) is 2.66. The fourth-order valence-electron chi connectivity index (χ4n) is 3.38. The van der Waals surface area contributed by atoms with E-state index >= 15 is 0 Å². The molecule has 9 nitrogen and oxygen atoms in total. The van der Waals surface area contributed by atoms with Gasteiger partial charge in [0.25, 0.3) is 5.69 Å². The van der Waals surface area contributed by atoms with E-state index < -0.39 is 14.9 Å². The quantitative estimate of drug-likeness (QED) is 0.572. The number of nitrogens with one attached hydrogen (secondary N) is 1. The lowest BCUT2D eigenvalue weighted by Crippen LogP contribution is -2.53. The van der Waals surface area contributed by atoms with Crippen LogP contribution in [0.3, 0.4) is 0 Å². The van der Waals surface area contributed by atoms with Crippen LogP contribution >= 0.6 is 12.4 Å². The molecule has 150 valence electrons. The van der Waals surface area contributed by atoms with Crippen LogP contribution in [0.5, 0.6) is 0 Å². The van der Waals surface area contributed by atoms with Gasteiger partial charge in [-0.15, -0.1) is 12.4 Å². The highest BCUT2D eigenvalue weighted by Crippen LogP contribution is 2.23. The molecule has 1 atom stereocenters. The SMILES string of the molecule is Cl.O=C(C1CCCNC1)N1CCN(S(=O)(=O)c2cccc([N+](=O)[O-])c2)CC1. The minimum atomic E-state index is -3.81. The Kier molecular flexibility index (Phi) is 7.15. The Morgan fingerprint density at radius 3 is 2.52 bits per heavy atom. The molecular weight excluding hydrogens is 396 g/mol. The Morgan fingerprint density at radius 2 is 1.93 bits per heavy atom. The van der Waals surface area contributed by atoms with Gasteiger partial charge in [-0.25, -0.2) is 8.42 Å². The summed E-state index contributed by atoms with van der Waals surface area (Å²) in [5.41, 5.74) is -0.260. The summed E-state index contributed by atoms with van der Waals surface area (Å²) in [5, 5.41) is 14.1. The lowest BCUT2D eigenvalue weighted by atomic mass is 9.98. The molecule has 1 N–H and O–H groups in total. The molecule has 1 aromatic carbocycles. The van der Waals surface area contributed by atoms with Gasteiger partial charge in [0.2, 0.25) is 15.9 Å². The zero-order chi connectivity index (χ0) is 18.7. The average molecular weight is 419 g/mol. The average Bonchev–Trinajstić information content (AvgIpc) is 2.68. The van der Waals surface area contributed by atoms with Gasteiger partial charge in [-0.2, -0.15) is 4.31 Å². The summed E-state index contributed by atoms with van der Waals surface area (Å²) in [6, 6.07) is 5.04. The summed E-state index contributed by atoms with van der Waals surface area (Å²) >= 11 is 0. The number of halogens is 1. The number of nitro benzene ring substituents is 1. The number of carbonyl (C=O) groups excluding carboxylic acids is 1. The number of sulfonamides is 1. The molecule has 0 bridgehead atoms. The lowest BCUT2D eigenvalue weighted by molar-refractivity contribution is -0.385. The van der Waals surface area contributed by atoms with Crippen molar-refractivity contribution < 1.29 is 18.1 Å². The molecule has 0 spiro atoms. The van der Waals surface area contributed by atoms with Crippen molar-refractivity contribution >= 4 is 34.0 Å². The van der Waals surface area contributed by atoms with E-state index in [1.54, 1.807) is 4.90 Å². The number of amides is 1. The molecule has 3 rings (SSSR count). The standard InChI is InChI=1S/C16H22N4O5S.ClH/c21-16(13-3-2-6-17-12-13)18-7-9-19(10-8-18)26(24,25)15-5-1-4-14(11-15)20(22)23;/h1,4-5,11,13,17H,2-3,6-10,12H2;1H. The van der Waals surface area contributed by atoms with E-state index in [4.69, 9.17) is 0 Å². The summed E-state index contributed by atoms with van der Waals surface area (Å²) in [6.07, 6.45) is 1.83. The Hall–Kier alpha value is -1.75. The van der Waals surface area contributed by atoms with Crippen molar-refractivity contribution in [3.63, 3.8) is 0 Å². The van der Waals surface area contributed by atoms with Gasteiger partial charge in [0.05, 0.1) is 15.7 Å². The molecular formula is C16H23ClN4O5S. The van der Waals surface area contributed by atoms with Gasteiger partial charge in [-0.3, -0.25) is 14.9 Å². The molecule has 1 aromatic rings. The van der Waals surface area contributed by atoms with Gasteiger partial charge in [0.15, 0.2) is 0 Å². The Labute approximate surface area is 164 Å². The van der Waals surface area contributed by atoms with E-state index in [0.29, 0.717) is 19.6 Å². The monoisotopic (exact) mass is 418 g/mol. The number of non-ortho nitro benzene ring substituents is 1. The third-order valence-electron chi connectivity index (χ3n) is 4.86. The highest BCUT2D eigenvalue weighted by molar-refractivity contribution is 7.89. The van der Waals surface area contributed by atoms with E-state index in [1.807, 2.05) is 0 Å². The Balaban J connectivity index is 0.00000261. The summed E-state index contributed by atoms with van der Waals surface area (Å²) < 4.78 is 26.7. The number of benzene rings is 1. The summed E-state index contributed by atoms with van der Waals surface area (Å²) in [4.78, 5) is 24.4. The number of rotatable bonds is 4. The lowest BCUT2D eigenvalue weighted by Gasteiger charge is -2.36. The van der Waals surface area contributed by atoms with Crippen LogP contribution < -0.4 is 5.32 Å². The summed E-state index contributed by atoms with van der Waals surface area (Å²) in [5.74, 6) is 0.0354. The van der Waals surface area contributed by atoms with Gasteiger partial charge >= 0.3 is 0 Å². The number of hydrogen-bond donors (Lipinski definition) is 1. The van der Waals surface area contributed by atoms with Gasteiger partial charge in [0.1, 0.15) is 0 Å². The van der Waals surface area contributed by atoms with Gasteiger partial charge in [-0.05, 0) is 25.5 Å². The van der Waals surface area contributed by atoms with Crippen molar-refractivity contribution in [2.45, 2.75) is 17.7 Å². The van der Waals surface area contributed by atoms with Crippen molar-refractivity contribution in [2.24, 2.45) is 5.92 Å². The number of hydrogen-bond acceptors (Lipinski definition) is 6. The number of nitro groups is 1. The first-order valence-corrected chi connectivity index (χ1v) is 10.1. The largest absolute Gasteiger partial charge is 0.340 e. The molecule has 0 aliphatic carbocycles. The molecule has 11 heteroatoms. The van der Waals surface area contributed by atoms with E-state index in [1.165, 1.54) is 22.5 Å². The molecule has 2 aliphatic rings. The molecule has 2 aliphatic heterocycles. The predicted molar refractivity (Wildman–Crippen MR) is 101 cm³/mol. The van der Waals surface area contributed by atoms with Crippen molar-refractivity contribution in [3.05, 3.63) is 34.4 Å². The minimum Gasteiger partial charge on any atom is -0.340 e. The number of piperazine rings is 1. The molecule has 2 saturated heterocycles. The first-order valence-electron chi connectivity index (χ1n) is 8.64. The molecule has 0 aromatic heterocycles. The maximum Gasteiger partial charge on any atom is 0.270 e. The van der Waals surface area contributed by atoms with E-state index in [-0.39, 0.29) is 47.9 Å². The van der Waals surface area contributed by atoms with E-state index in [0.717, 1.165) is 25.5 Å². The first kappa shape index (κ1) is 21.5. The Bertz CT molecular complexity index is 790. The molecule has 1 unspecified atom stereocenters. The third-order valence-corrected chi connectivity index (χ3v) is 6.76. The zero-order valence-electron chi connectivity index (χ0n) is 14.7. The number of nitrogens with zero attached hydrogens (tertiary/aromatic N) is 3. The maximum absolute atomic E-state index is 12.7.